The first kappa shape index (κ1) is 16.1. The Morgan fingerprint density at radius 3 is 2.79 bits per heavy atom. The van der Waals surface area contributed by atoms with Crippen LogP contribution in [-0.4, -0.2) is 24.2 Å². The second-order valence-corrected chi connectivity index (χ2v) is 6.09. The molecule has 0 aliphatic heterocycles. The maximum absolute atomic E-state index is 11.8. The molecule has 1 aromatic rings. The third-order valence-electron chi connectivity index (χ3n) is 2.29. The van der Waals surface area contributed by atoms with Crippen LogP contribution in [0.1, 0.15) is 11.1 Å². The summed E-state index contributed by atoms with van der Waals surface area (Å²) >= 11 is 10.7. The van der Waals surface area contributed by atoms with Crippen LogP contribution in [0.3, 0.4) is 0 Å². The lowest BCUT2D eigenvalue weighted by Crippen LogP contribution is -2.16. The third-order valence-corrected chi connectivity index (χ3v) is 4.82. The normalized spacial score (nSPS) is 9.84. The van der Waals surface area contributed by atoms with E-state index in [0.29, 0.717) is 21.5 Å². The molecule has 1 amide bonds. The van der Waals surface area contributed by atoms with E-state index in [1.165, 1.54) is 4.90 Å². The highest BCUT2D eigenvalue weighted by molar-refractivity contribution is 9.10. The van der Waals surface area contributed by atoms with Crippen LogP contribution < -0.4 is 0 Å². The first-order valence-corrected chi connectivity index (χ1v) is 7.32. The summed E-state index contributed by atoms with van der Waals surface area (Å²) in [7, 11) is 3.36. The smallest absolute Gasteiger partial charge is 0.285 e. The number of carbonyl (C=O) groups is 1. The zero-order chi connectivity index (χ0) is 14.6. The van der Waals surface area contributed by atoms with Gasteiger partial charge in [-0.15, -0.1) is 6.58 Å². The molecule has 0 fully saturated rings. The van der Waals surface area contributed by atoms with Crippen LogP contribution in [0.2, 0.25) is 5.02 Å². The maximum Gasteiger partial charge on any atom is 0.285 e. The van der Waals surface area contributed by atoms with Crippen molar-refractivity contribution in [2.45, 2.75) is 11.3 Å². The number of hydrogen-bond donors (Lipinski definition) is 0. The number of carbonyl (C=O) groups excluding carboxylic acids is 1. The van der Waals surface area contributed by atoms with Gasteiger partial charge in [0.1, 0.15) is 6.07 Å². The summed E-state index contributed by atoms with van der Waals surface area (Å²) in [6.07, 6.45) is 2.19. The summed E-state index contributed by atoms with van der Waals surface area (Å²) < 4.78 is 0.686. The van der Waals surface area contributed by atoms with Gasteiger partial charge in [-0.2, -0.15) is 5.26 Å². The predicted octanol–water partition coefficient (Wildman–Crippen LogP) is 4.48. The zero-order valence-corrected chi connectivity index (χ0v) is 13.7. The topological polar surface area (TPSA) is 44.1 Å². The van der Waals surface area contributed by atoms with Crippen LogP contribution in [0.4, 0.5) is 4.79 Å². The highest BCUT2D eigenvalue weighted by Crippen LogP contribution is 2.38. The van der Waals surface area contributed by atoms with Crippen LogP contribution in [0.25, 0.3) is 0 Å². The van der Waals surface area contributed by atoms with Gasteiger partial charge in [0.2, 0.25) is 0 Å². The van der Waals surface area contributed by atoms with E-state index in [-0.39, 0.29) is 5.24 Å². The van der Waals surface area contributed by atoms with Gasteiger partial charge < -0.3 is 4.90 Å². The summed E-state index contributed by atoms with van der Waals surface area (Å²) in [5.74, 6) is 0. The molecule has 0 aliphatic rings. The van der Waals surface area contributed by atoms with Crippen molar-refractivity contribution in [3.05, 3.63) is 39.3 Å². The number of benzene rings is 1. The van der Waals surface area contributed by atoms with Crippen molar-refractivity contribution in [1.82, 2.24) is 4.90 Å². The molecule has 19 heavy (non-hydrogen) atoms. The quantitative estimate of drug-likeness (QED) is 0.590. The molecule has 0 aliphatic carbocycles. The second-order valence-electron chi connectivity index (χ2n) is 3.89. The van der Waals surface area contributed by atoms with E-state index in [4.69, 9.17) is 16.9 Å². The molecule has 0 N–H and O–H groups in total. The average molecular weight is 360 g/mol. The number of allylic oxidation sites excluding steroid dienone is 1. The van der Waals surface area contributed by atoms with E-state index in [1.807, 2.05) is 6.07 Å². The van der Waals surface area contributed by atoms with Crippen molar-refractivity contribution in [1.29, 1.82) is 5.26 Å². The van der Waals surface area contributed by atoms with Crippen molar-refractivity contribution in [2.24, 2.45) is 0 Å². The number of rotatable bonds is 3. The fraction of sp³-hybridized carbons (Fsp3) is 0.231. The molecule has 1 rings (SSSR count). The molecule has 0 spiro atoms. The number of halogens is 2. The number of thioether (sulfide) groups is 1. The Morgan fingerprint density at radius 1 is 1.68 bits per heavy atom. The molecular weight excluding hydrogens is 348 g/mol. The monoisotopic (exact) mass is 358 g/mol. The fourth-order valence-electron chi connectivity index (χ4n) is 1.36. The minimum atomic E-state index is -0.105. The maximum atomic E-state index is 11.8. The minimum Gasteiger partial charge on any atom is -0.339 e. The van der Waals surface area contributed by atoms with Gasteiger partial charge in [-0.05, 0) is 45.7 Å². The van der Waals surface area contributed by atoms with Gasteiger partial charge in [0.25, 0.3) is 5.24 Å². The van der Waals surface area contributed by atoms with Gasteiger partial charge in [0.05, 0.1) is 10.6 Å². The lowest BCUT2D eigenvalue weighted by Gasteiger charge is -2.15. The molecule has 3 nitrogen and oxygen atoms in total. The van der Waals surface area contributed by atoms with E-state index in [0.717, 1.165) is 22.2 Å². The Morgan fingerprint density at radius 2 is 2.32 bits per heavy atom. The van der Waals surface area contributed by atoms with Crippen LogP contribution in [0.5, 0.6) is 0 Å². The standard InChI is InChI=1S/C13H12BrClN2OS/c1-4-5-9-11(15)8(7-16)6-10(14)12(9)19-13(18)17(2)3/h4,6H,1,5H2,2-3H3. The Kier molecular flexibility index (Phi) is 5.92. The van der Waals surface area contributed by atoms with Crippen LogP contribution >= 0.6 is 39.3 Å². The summed E-state index contributed by atoms with van der Waals surface area (Å²) in [5.41, 5.74) is 1.12. The molecular formula is C13H12BrClN2OS. The van der Waals surface area contributed by atoms with Crippen molar-refractivity contribution in [2.75, 3.05) is 14.1 Å². The van der Waals surface area contributed by atoms with Gasteiger partial charge in [0.15, 0.2) is 0 Å². The molecule has 0 atom stereocenters. The zero-order valence-electron chi connectivity index (χ0n) is 10.5. The van der Waals surface area contributed by atoms with E-state index < -0.39 is 0 Å². The highest BCUT2D eigenvalue weighted by Gasteiger charge is 2.19. The first-order chi connectivity index (χ1) is 8.92. The summed E-state index contributed by atoms with van der Waals surface area (Å²) in [6.45, 7) is 3.68. The molecule has 0 aromatic heterocycles. The molecule has 0 saturated carbocycles. The van der Waals surface area contributed by atoms with Gasteiger partial charge in [-0.25, -0.2) is 0 Å². The predicted molar refractivity (Wildman–Crippen MR) is 82.7 cm³/mol. The molecule has 0 saturated heterocycles. The number of nitriles is 1. The van der Waals surface area contributed by atoms with Gasteiger partial charge in [-0.3, -0.25) is 4.79 Å². The van der Waals surface area contributed by atoms with Crippen LogP contribution in [-0.2, 0) is 6.42 Å². The number of amides is 1. The van der Waals surface area contributed by atoms with E-state index in [2.05, 4.69) is 22.5 Å². The molecule has 0 radical (unpaired) electrons. The van der Waals surface area contributed by atoms with Crippen LogP contribution in [0.15, 0.2) is 28.1 Å². The summed E-state index contributed by atoms with van der Waals surface area (Å²) in [5, 5.41) is 9.30. The van der Waals surface area contributed by atoms with Crippen LogP contribution in [0, 0.1) is 11.3 Å². The Bertz CT molecular complexity index is 567. The fourth-order valence-corrected chi connectivity index (χ4v) is 3.22. The summed E-state index contributed by atoms with van der Waals surface area (Å²) in [4.78, 5) is 14.0. The van der Waals surface area contributed by atoms with Crippen molar-refractivity contribution in [3.8, 4) is 6.07 Å². The molecule has 100 valence electrons. The van der Waals surface area contributed by atoms with E-state index in [9.17, 15) is 4.79 Å². The number of hydrogen-bond acceptors (Lipinski definition) is 3. The van der Waals surface area contributed by atoms with E-state index in [1.54, 1.807) is 26.2 Å². The van der Waals surface area contributed by atoms with Crippen molar-refractivity contribution < 1.29 is 4.79 Å². The third kappa shape index (κ3) is 3.75. The Labute approximate surface area is 130 Å². The minimum absolute atomic E-state index is 0.105. The second kappa shape index (κ2) is 6.99. The SMILES string of the molecule is C=CCc1c(Cl)c(C#N)cc(Br)c1SC(=O)N(C)C. The van der Waals surface area contributed by atoms with Gasteiger partial charge in [0, 0.05) is 23.5 Å². The van der Waals surface area contributed by atoms with E-state index >= 15 is 0 Å². The van der Waals surface area contributed by atoms with Gasteiger partial charge >= 0.3 is 0 Å². The lowest BCUT2D eigenvalue weighted by atomic mass is 10.1. The lowest BCUT2D eigenvalue weighted by molar-refractivity contribution is 0.241. The molecule has 0 heterocycles. The largest absolute Gasteiger partial charge is 0.339 e. The highest BCUT2D eigenvalue weighted by atomic mass is 79.9. The molecule has 1 aromatic carbocycles. The first-order valence-electron chi connectivity index (χ1n) is 5.33. The number of nitrogens with zero attached hydrogens (tertiary/aromatic N) is 2. The summed E-state index contributed by atoms with van der Waals surface area (Å²) in [6, 6.07) is 3.66. The molecule has 6 heteroatoms. The van der Waals surface area contributed by atoms with Gasteiger partial charge in [-0.1, -0.05) is 17.7 Å². The average Bonchev–Trinajstić information content (AvgIpc) is 2.37. The Balaban J connectivity index is 3.37. The van der Waals surface area contributed by atoms with Crippen molar-refractivity contribution in [3.63, 3.8) is 0 Å². The van der Waals surface area contributed by atoms with Crippen molar-refractivity contribution >= 4 is 44.5 Å². The molecule has 0 bridgehead atoms. The molecule has 0 unspecified atom stereocenters. The Hall–Kier alpha value is -0.960.